The first kappa shape index (κ1) is 70.3. The smallest absolute Gasteiger partial charge is 0.306 e. The van der Waals surface area contributed by atoms with Crippen LogP contribution in [0, 0.1) is 0 Å². The second-order valence-corrected chi connectivity index (χ2v) is 20.4. The average Bonchev–Trinajstić information content (AvgIpc) is 3.40. The van der Waals surface area contributed by atoms with Crippen LogP contribution < -0.4 is 0 Å². The van der Waals surface area contributed by atoms with Crippen molar-refractivity contribution in [2.45, 2.75) is 290 Å². The lowest BCUT2D eigenvalue weighted by atomic mass is 10.0. The standard InChI is InChI=1S/C69H116O5/c1-3-5-7-9-11-13-15-17-19-21-23-24-25-26-27-28-29-30-31-32-33-34-35-36-37-38-39-40-41-42-43-44-46-48-50-52-54-56-58-60-62-64-69(72)74-67(65-70)66-73-68(71)63-61-59-57-55-53-51-49-47-45-22-20-18-16-14-12-10-8-6-4-2/h5-8,11-14,17-20,23-24,26-27,29-30,45,47,67,70H,3-4,9-10,15-16,21-22,25,28,31-44,46,48-66H2,1-2H3/b7-5-,8-6-,13-11-,14-12-,19-17-,20-18-,24-23-,27-26-,30-29-,47-45-. The van der Waals surface area contributed by atoms with Gasteiger partial charge in [-0.15, -0.1) is 0 Å². The molecule has 0 aliphatic carbocycles. The lowest BCUT2D eigenvalue weighted by Crippen LogP contribution is -2.28. The van der Waals surface area contributed by atoms with Gasteiger partial charge >= 0.3 is 11.9 Å². The van der Waals surface area contributed by atoms with Crippen LogP contribution in [0.4, 0.5) is 0 Å². The van der Waals surface area contributed by atoms with Crippen molar-refractivity contribution < 1.29 is 24.2 Å². The van der Waals surface area contributed by atoms with Crippen LogP contribution in [0.3, 0.4) is 0 Å². The molecule has 0 fully saturated rings. The quantitative estimate of drug-likeness (QED) is 0.0373. The molecule has 5 heteroatoms. The van der Waals surface area contributed by atoms with Crippen molar-refractivity contribution in [2.75, 3.05) is 13.2 Å². The van der Waals surface area contributed by atoms with Crippen LogP contribution in [0.15, 0.2) is 122 Å². The third-order valence-electron chi connectivity index (χ3n) is 13.3. The van der Waals surface area contributed by atoms with Gasteiger partial charge in [-0.25, -0.2) is 0 Å². The monoisotopic (exact) mass is 1020 g/mol. The van der Waals surface area contributed by atoms with E-state index in [0.29, 0.717) is 12.8 Å². The van der Waals surface area contributed by atoms with Gasteiger partial charge in [-0.1, -0.05) is 289 Å². The van der Waals surface area contributed by atoms with Gasteiger partial charge in [0.05, 0.1) is 6.61 Å². The summed E-state index contributed by atoms with van der Waals surface area (Å²) in [6, 6.07) is 0. The van der Waals surface area contributed by atoms with Crippen molar-refractivity contribution in [3.8, 4) is 0 Å². The zero-order valence-corrected chi connectivity index (χ0v) is 48.3. The van der Waals surface area contributed by atoms with Gasteiger partial charge in [-0.05, 0) is 103 Å². The van der Waals surface area contributed by atoms with E-state index in [1.165, 1.54) is 148 Å². The summed E-state index contributed by atoms with van der Waals surface area (Å²) in [4.78, 5) is 24.5. The Balaban J connectivity index is 3.46. The molecule has 1 unspecified atom stereocenters. The molecule has 0 spiro atoms. The summed E-state index contributed by atoms with van der Waals surface area (Å²) in [6.07, 6.45) is 93.5. The Morgan fingerprint density at radius 3 is 0.811 bits per heavy atom. The minimum absolute atomic E-state index is 0.0759. The molecule has 0 aromatic rings. The Kier molecular flexibility index (Phi) is 60.4. The van der Waals surface area contributed by atoms with Crippen LogP contribution in [0.25, 0.3) is 0 Å². The molecule has 0 aromatic heterocycles. The number of hydrogen-bond donors (Lipinski definition) is 1. The van der Waals surface area contributed by atoms with Crippen molar-refractivity contribution >= 4 is 11.9 Å². The first-order chi connectivity index (χ1) is 36.6. The molecule has 0 heterocycles. The third kappa shape index (κ3) is 60.9. The molecule has 74 heavy (non-hydrogen) atoms. The van der Waals surface area contributed by atoms with E-state index in [4.69, 9.17) is 9.47 Å². The van der Waals surface area contributed by atoms with Gasteiger partial charge in [0.15, 0.2) is 6.10 Å². The van der Waals surface area contributed by atoms with Gasteiger partial charge in [0, 0.05) is 12.8 Å². The fourth-order valence-electron chi connectivity index (χ4n) is 8.67. The third-order valence-corrected chi connectivity index (χ3v) is 13.3. The largest absolute Gasteiger partial charge is 0.462 e. The highest BCUT2D eigenvalue weighted by Gasteiger charge is 2.16. The van der Waals surface area contributed by atoms with E-state index < -0.39 is 6.10 Å². The number of carbonyl (C=O) groups is 2. The zero-order valence-electron chi connectivity index (χ0n) is 48.3. The molecule has 0 aromatic carbocycles. The van der Waals surface area contributed by atoms with E-state index in [0.717, 1.165) is 109 Å². The van der Waals surface area contributed by atoms with Crippen molar-refractivity contribution in [2.24, 2.45) is 0 Å². The molecule has 0 aliphatic rings. The van der Waals surface area contributed by atoms with Crippen LogP contribution >= 0.6 is 0 Å². The molecule has 0 saturated heterocycles. The van der Waals surface area contributed by atoms with Gasteiger partial charge in [0.25, 0.3) is 0 Å². The van der Waals surface area contributed by atoms with Gasteiger partial charge < -0.3 is 14.6 Å². The Morgan fingerprint density at radius 1 is 0.311 bits per heavy atom. The average molecular weight is 1030 g/mol. The van der Waals surface area contributed by atoms with E-state index in [1.54, 1.807) is 0 Å². The summed E-state index contributed by atoms with van der Waals surface area (Å²) in [7, 11) is 0. The Hall–Kier alpha value is -3.70. The Bertz CT molecular complexity index is 1490. The second-order valence-electron chi connectivity index (χ2n) is 20.4. The number of hydrogen-bond acceptors (Lipinski definition) is 5. The predicted molar refractivity (Wildman–Crippen MR) is 325 cm³/mol. The number of rotatable bonds is 56. The highest BCUT2D eigenvalue weighted by atomic mass is 16.6. The number of unbranched alkanes of at least 4 members (excludes halogenated alkanes) is 28. The minimum atomic E-state index is -0.783. The van der Waals surface area contributed by atoms with E-state index in [1.807, 2.05) is 0 Å². The summed E-state index contributed by atoms with van der Waals surface area (Å²) in [5.41, 5.74) is 0. The summed E-state index contributed by atoms with van der Waals surface area (Å²) >= 11 is 0. The van der Waals surface area contributed by atoms with Crippen molar-refractivity contribution in [3.63, 3.8) is 0 Å². The molecular formula is C69H116O5. The molecule has 422 valence electrons. The summed E-state index contributed by atoms with van der Waals surface area (Å²) in [5, 5.41) is 9.66. The van der Waals surface area contributed by atoms with Crippen LogP contribution in [-0.2, 0) is 19.1 Å². The molecule has 0 amide bonds. The van der Waals surface area contributed by atoms with Crippen molar-refractivity contribution in [1.82, 2.24) is 0 Å². The molecule has 1 N–H and O–H groups in total. The number of carbonyl (C=O) groups excluding carboxylic acids is 2. The molecule has 1 atom stereocenters. The fourth-order valence-corrected chi connectivity index (χ4v) is 8.67. The highest BCUT2D eigenvalue weighted by molar-refractivity contribution is 5.70. The summed E-state index contributed by atoms with van der Waals surface area (Å²) in [6.45, 7) is 3.91. The van der Waals surface area contributed by atoms with Gasteiger partial charge in [-0.2, -0.15) is 0 Å². The van der Waals surface area contributed by atoms with E-state index >= 15 is 0 Å². The fraction of sp³-hybridized carbons (Fsp3) is 0.681. The topological polar surface area (TPSA) is 72.8 Å². The molecule has 0 rings (SSSR count). The molecule has 0 bridgehead atoms. The van der Waals surface area contributed by atoms with Gasteiger partial charge in [-0.3, -0.25) is 9.59 Å². The van der Waals surface area contributed by atoms with Crippen LogP contribution in [-0.4, -0.2) is 36.4 Å². The maximum absolute atomic E-state index is 12.3. The molecule has 0 aliphatic heterocycles. The Morgan fingerprint density at radius 2 is 0.541 bits per heavy atom. The highest BCUT2D eigenvalue weighted by Crippen LogP contribution is 2.17. The van der Waals surface area contributed by atoms with Crippen LogP contribution in [0.1, 0.15) is 284 Å². The van der Waals surface area contributed by atoms with Crippen molar-refractivity contribution in [3.05, 3.63) is 122 Å². The van der Waals surface area contributed by atoms with E-state index in [2.05, 4.69) is 135 Å². The SMILES string of the molecule is CC/C=C\C/C=C\C/C=C\C/C=C\C/C=C\C/C=C\CCCCCCCCCCCCCCCCCCCCCCCCC(=O)OC(CO)COC(=O)CCCCCCCC/C=C\C/C=C\C/C=C\C/C=C\CC. The van der Waals surface area contributed by atoms with Gasteiger partial charge in [0.2, 0.25) is 0 Å². The lowest BCUT2D eigenvalue weighted by molar-refractivity contribution is -0.161. The summed E-state index contributed by atoms with van der Waals surface area (Å²) < 4.78 is 10.7. The van der Waals surface area contributed by atoms with Crippen LogP contribution in [0.5, 0.6) is 0 Å². The first-order valence-corrected chi connectivity index (χ1v) is 31.1. The number of aliphatic hydroxyl groups excluding tert-OH is 1. The minimum Gasteiger partial charge on any atom is -0.462 e. The number of esters is 2. The number of allylic oxidation sites excluding steroid dienone is 20. The van der Waals surface area contributed by atoms with Gasteiger partial charge in [0.1, 0.15) is 6.61 Å². The van der Waals surface area contributed by atoms with E-state index in [-0.39, 0.29) is 25.2 Å². The summed E-state index contributed by atoms with van der Waals surface area (Å²) in [5.74, 6) is -0.602. The molecular weight excluding hydrogens is 909 g/mol. The first-order valence-electron chi connectivity index (χ1n) is 31.1. The molecule has 0 radical (unpaired) electrons. The zero-order chi connectivity index (χ0) is 53.4. The van der Waals surface area contributed by atoms with Crippen molar-refractivity contribution in [1.29, 1.82) is 0 Å². The maximum atomic E-state index is 12.3. The lowest BCUT2D eigenvalue weighted by Gasteiger charge is -2.15. The van der Waals surface area contributed by atoms with Crippen LogP contribution in [0.2, 0.25) is 0 Å². The number of ether oxygens (including phenoxy) is 2. The second kappa shape index (κ2) is 63.6. The van der Waals surface area contributed by atoms with E-state index in [9.17, 15) is 14.7 Å². The molecule has 5 nitrogen and oxygen atoms in total. The predicted octanol–water partition coefficient (Wildman–Crippen LogP) is 21.4. The number of aliphatic hydroxyl groups is 1. The maximum Gasteiger partial charge on any atom is 0.306 e. The normalized spacial score (nSPS) is 13.1. The Labute approximate surface area is 458 Å². The molecule has 0 saturated carbocycles.